The molecule has 5 nitrogen and oxygen atoms in total. The van der Waals surface area contributed by atoms with Gasteiger partial charge in [-0.2, -0.15) is 0 Å². The van der Waals surface area contributed by atoms with Crippen molar-refractivity contribution in [1.29, 1.82) is 0 Å². The van der Waals surface area contributed by atoms with Crippen LogP contribution in [0.3, 0.4) is 0 Å². The normalized spacial score (nSPS) is 14.6. The van der Waals surface area contributed by atoms with Gasteiger partial charge in [0.1, 0.15) is 5.75 Å². The minimum atomic E-state index is 0.0905. The number of rotatable bonds is 6. The van der Waals surface area contributed by atoms with E-state index >= 15 is 0 Å². The minimum absolute atomic E-state index is 0.0905. The van der Waals surface area contributed by atoms with E-state index in [1.165, 1.54) is 12.8 Å². The molecular weight excluding hydrogens is 326 g/mol. The summed E-state index contributed by atoms with van der Waals surface area (Å²) in [7, 11) is 1.69. The summed E-state index contributed by atoms with van der Waals surface area (Å²) in [6, 6.07) is 9.93. The van der Waals surface area contributed by atoms with E-state index in [0.29, 0.717) is 5.56 Å². The highest BCUT2D eigenvalue weighted by molar-refractivity contribution is 5.94. The van der Waals surface area contributed by atoms with Crippen LogP contribution in [0.1, 0.15) is 41.6 Å². The molecule has 0 atom stereocenters. The number of nitrogens with one attached hydrogen (secondary N) is 1. The predicted molar refractivity (Wildman–Crippen MR) is 104 cm³/mol. The lowest BCUT2D eigenvalue weighted by Crippen LogP contribution is -2.31. The lowest BCUT2D eigenvalue weighted by atomic mass is 10.1. The molecule has 26 heavy (non-hydrogen) atoms. The van der Waals surface area contributed by atoms with Crippen molar-refractivity contribution in [3.05, 3.63) is 53.9 Å². The first kappa shape index (κ1) is 18.2. The Bertz CT molecular complexity index is 725. The zero-order valence-corrected chi connectivity index (χ0v) is 15.4. The van der Waals surface area contributed by atoms with Crippen molar-refractivity contribution in [3.8, 4) is 5.75 Å². The van der Waals surface area contributed by atoms with Crippen LogP contribution < -0.4 is 10.1 Å². The Hall–Kier alpha value is -2.56. The van der Waals surface area contributed by atoms with Gasteiger partial charge >= 0.3 is 0 Å². The van der Waals surface area contributed by atoms with Gasteiger partial charge in [0.25, 0.3) is 5.91 Å². The summed E-state index contributed by atoms with van der Waals surface area (Å²) in [5, 5.41) is 3.37. The fourth-order valence-electron chi connectivity index (χ4n) is 3.36. The summed E-state index contributed by atoms with van der Waals surface area (Å²) >= 11 is 0. The third-order valence-electron chi connectivity index (χ3n) is 4.79. The number of nitrogens with zero attached hydrogens (tertiary/aromatic N) is 2. The predicted octanol–water partition coefficient (Wildman–Crippen LogP) is 3.76. The van der Waals surface area contributed by atoms with Crippen LogP contribution in [0.25, 0.3) is 0 Å². The molecule has 0 unspecified atom stereocenters. The fourth-order valence-corrected chi connectivity index (χ4v) is 3.36. The first-order valence-corrected chi connectivity index (χ1v) is 9.38. The quantitative estimate of drug-likeness (QED) is 0.859. The largest absolute Gasteiger partial charge is 0.496 e. The number of benzene rings is 1. The van der Waals surface area contributed by atoms with Crippen LogP contribution in [0.4, 0.5) is 5.69 Å². The molecule has 1 aliphatic heterocycles. The molecule has 0 radical (unpaired) electrons. The van der Waals surface area contributed by atoms with Crippen molar-refractivity contribution in [2.75, 3.05) is 32.1 Å². The number of para-hydroxylation sites is 1. The maximum absolute atomic E-state index is 12.7. The number of carbonyl (C=O) groups is 1. The summed E-state index contributed by atoms with van der Waals surface area (Å²) in [5.74, 6) is 0.991. The Balaban J connectivity index is 1.59. The van der Waals surface area contributed by atoms with Gasteiger partial charge in [0.05, 0.1) is 18.4 Å². The summed E-state index contributed by atoms with van der Waals surface area (Å²) < 4.78 is 5.39. The molecule has 1 amide bonds. The van der Waals surface area contributed by atoms with Crippen molar-refractivity contribution in [3.63, 3.8) is 0 Å². The van der Waals surface area contributed by atoms with Crippen LogP contribution >= 0.6 is 0 Å². The van der Waals surface area contributed by atoms with Crippen LogP contribution in [0.2, 0.25) is 0 Å². The van der Waals surface area contributed by atoms with E-state index in [2.05, 4.69) is 16.4 Å². The van der Waals surface area contributed by atoms with Crippen molar-refractivity contribution >= 4 is 11.6 Å². The van der Waals surface area contributed by atoms with Crippen LogP contribution in [0, 0.1) is 0 Å². The van der Waals surface area contributed by atoms with E-state index in [9.17, 15) is 4.79 Å². The Morgan fingerprint density at radius 2 is 1.92 bits per heavy atom. The van der Waals surface area contributed by atoms with Crippen LogP contribution in [-0.4, -0.2) is 42.5 Å². The summed E-state index contributed by atoms with van der Waals surface area (Å²) in [4.78, 5) is 18.9. The molecule has 1 saturated heterocycles. The molecule has 5 heteroatoms. The second kappa shape index (κ2) is 9.22. The third kappa shape index (κ3) is 4.75. The molecule has 1 N–H and O–H groups in total. The van der Waals surface area contributed by atoms with Gasteiger partial charge in [-0.1, -0.05) is 31.0 Å². The molecule has 0 spiro atoms. The highest BCUT2D eigenvalue weighted by atomic mass is 16.5. The zero-order chi connectivity index (χ0) is 18.2. The van der Waals surface area contributed by atoms with E-state index in [1.54, 1.807) is 19.5 Å². The van der Waals surface area contributed by atoms with Crippen LogP contribution in [0.15, 0.2) is 42.7 Å². The second-order valence-electron chi connectivity index (χ2n) is 6.66. The molecule has 2 heterocycles. The lowest BCUT2D eigenvalue weighted by Gasteiger charge is -2.20. The number of amides is 1. The Morgan fingerprint density at radius 3 is 2.69 bits per heavy atom. The molecule has 0 saturated carbocycles. The number of ether oxygens (including phenoxy) is 1. The zero-order valence-electron chi connectivity index (χ0n) is 15.4. The molecule has 1 fully saturated rings. The molecular formula is C21H27N3O2. The molecule has 3 rings (SSSR count). The summed E-state index contributed by atoms with van der Waals surface area (Å²) in [6.07, 6.45) is 8.89. The number of hydrogen-bond acceptors (Lipinski definition) is 4. The van der Waals surface area contributed by atoms with Crippen molar-refractivity contribution < 1.29 is 9.53 Å². The van der Waals surface area contributed by atoms with Crippen molar-refractivity contribution in [1.82, 2.24) is 9.88 Å². The van der Waals surface area contributed by atoms with Crippen LogP contribution in [-0.2, 0) is 6.42 Å². The topological polar surface area (TPSA) is 54.5 Å². The maximum atomic E-state index is 12.7. The lowest BCUT2D eigenvalue weighted by molar-refractivity contribution is 0.0761. The Labute approximate surface area is 155 Å². The molecule has 2 aromatic rings. The highest BCUT2D eigenvalue weighted by Gasteiger charge is 2.17. The average molecular weight is 353 g/mol. The molecule has 0 aliphatic carbocycles. The maximum Gasteiger partial charge on any atom is 0.255 e. The Morgan fingerprint density at radius 1 is 1.15 bits per heavy atom. The first-order chi connectivity index (χ1) is 12.8. The number of anilines is 1. The molecule has 1 aromatic carbocycles. The van der Waals surface area contributed by atoms with Gasteiger partial charge < -0.3 is 15.0 Å². The second-order valence-corrected chi connectivity index (χ2v) is 6.66. The summed E-state index contributed by atoms with van der Waals surface area (Å²) in [5.41, 5.74) is 2.70. The highest BCUT2D eigenvalue weighted by Crippen LogP contribution is 2.19. The van der Waals surface area contributed by atoms with Crippen molar-refractivity contribution in [2.45, 2.75) is 32.1 Å². The standard InChI is InChI=1S/C21H27N3O2/c1-26-20-9-5-4-8-17(20)10-11-23-19-14-18(15-22-16-19)21(25)24-12-6-2-3-7-13-24/h4-5,8-9,14-16,23H,2-3,6-7,10-13H2,1H3. The van der Waals surface area contributed by atoms with Crippen LogP contribution in [0.5, 0.6) is 5.75 Å². The molecule has 138 valence electrons. The monoisotopic (exact) mass is 353 g/mol. The van der Waals surface area contributed by atoms with E-state index < -0.39 is 0 Å². The van der Waals surface area contributed by atoms with Gasteiger partial charge in [0.2, 0.25) is 0 Å². The van der Waals surface area contributed by atoms with E-state index in [4.69, 9.17) is 4.74 Å². The van der Waals surface area contributed by atoms with Gasteiger partial charge in [-0.3, -0.25) is 9.78 Å². The average Bonchev–Trinajstić information content (AvgIpc) is 2.97. The number of hydrogen-bond donors (Lipinski definition) is 1. The molecule has 1 aliphatic rings. The molecule has 0 bridgehead atoms. The van der Waals surface area contributed by atoms with E-state index in [0.717, 1.165) is 55.9 Å². The van der Waals surface area contributed by atoms with E-state index in [-0.39, 0.29) is 5.91 Å². The SMILES string of the molecule is COc1ccccc1CCNc1cncc(C(=O)N2CCCCCC2)c1. The number of carbonyl (C=O) groups excluding carboxylic acids is 1. The summed E-state index contributed by atoms with van der Waals surface area (Å²) in [6.45, 7) is 2.46. The number of likely N-dealkylation sites (tertiary alicyclic amines) is 1. The van der Waals surface area contributed by atoms with Gasteiger partial charge in [-0.15, -0.1) is 0 Å². The Kier molecular flexibility index (Phi) is 6.47. The number of aromatic nitrogens is 1. The van der Waals surface area contributed by atoms with Crippen molar-refractivity contribution in [2.24, 2.45) is 0 Å². The third-order valence-corrected chi connectivity index (χ3v) is 4.79. The smallest absolute Gasteiger partial charge is 0.255 e. The minimum Gasteiger partial charge on any atom is -0.496 e. The number of pyridine rings is 1. The van der Waals surface area contributed by atoms with Gasteiger partial charge in [-0.05, 0) is 37.0 Å². The fraction of sp³-hybridized carbons (Fsp3) is 0.429. The van der Waals surface area contributed by atoms with Gasteiger partial charge in [-0.25, -0.2) is 0 Å². The molecule has 1 aromatic heterocycles. The van der Waals surface area contributed by atoms with E-state index in [1.807, 2.05) is 29.2 Å². The first-order valence-electron chi connectivity index (χ1n) is 9.38. The van der Waals surface area contributed by atoms with Gasteiger partial charge in [0, 0.05) is 32.0 Å². The number of methoxy groups -OCH3 is 1. The van der Waals surface area contributed by atoms with Gasteiger partial charge in [0.15, 0.2) is 0 Å².